The molecule has 0 fully saturated rings. The Bertz CT molecular complexity index is 242. The van der Waals surface area contributed by atoms with Crippen LogP contribution in [0.25, 0.3) is 0 Å². The zero-order valence-electron chi connectivity index (χ0n) is 12.8. The maximum Gasteiger partial charge on any atom is 0.342 e. The molecule has 1 atom stereocenters. The minimum absolute atomic E-state index is 0.150. The topological polar surface area (TPSA) is 61.8 Å². The van der Waals surface area contributed by atoms with Crippen molar-refractivity contribution < 1.29 is 23.8 Å². The number of hydrogen-bond donors (Lipinski definition) is 0. The lowest BCUT2D eigenvalue weighted by molar-refractivity contribution is -0.159. The van der Waals surface area contributed by atoms with Crippen molar-refractivity contribution in [2.24, 2.45) is 0 Å². The zero-order valence-corrected chi connectivity index (χ0v) is 12.8. The Morgan fingerprint density at radius 3 is 2.35 bits per heavy atom. The van der Waals surface area contributed by atoms with Gasteiger partial charge in [-0.25, -0.2) is 4.79 Å². The molecule has 0 aliphatic heterocycles. The minimum Gasteiger partial charge on any atom is -0.461 e. The van der Waals surface area contributed by atoms with Gasteiger partial charge >= 0.3 is 5.97 Å². The van der Waals surface area contributed by atoms with E-state index in [0.29, 0.717) is 26.1 Å². The number of unbranched alkanes of at least 4 members (excludes halogenated alkanes) is 5. The molecule has 5 nitrogen and oxygen atoms in total. The van der Waals surface area contributed by atoms with Crippen LogP contribution < -0.4 is 0 Å². The molecule has 0 aromatic carbocycles. The monoisotopic (exact) mass is 288 g/mol. The molecular weight excluding hydrogens is 260 g/mol. The van der Waals surface area contributed by atoms with E-state index in [1.165, 1.54) is 25.7 Å². The SMILES string of the molecule is CCCCCCCCOC(C=O)C(=O)OCCOCC. The number of carbonyl (C=O) groups excluding carboxylic acids is 2. The Morgan fingerprint density at radius 1 is 1.00 bits per heavy atom. The number of rotatable bonds is 14. The molecule has 0 aromatic rings. The number of carbonyl (C=O) groups is 2. The molecule has 0 saturated carbocycles. The van der Waals surface area contributed by atoms with Crippen LogP contribution >= 0.6 is 0 Å². The highest BCUT2D eigenvalue weighted by Gasteiger charge is 2.19. The van der Waals surface area contributed by atoms with Gasteiger partial charge in [-0.3, -0.25) is 4.79 Å². The second kappa shape index (κ2) is 14.5. The van der Waals surface area contributed by atoms with Crippen LogP contribution in [0.2, 0.25) is 0 Å². The van der Waals surface area contributed by atoms with Crippen LogP contribution in [-0.2, 0) is 23.8 Å². The van der Waals surface area contributed by atoms with Crippen molar-refractivity contribution in [3.63, 3.8) is 0 Å². The standard InChI is InChI=1S/C15H28O5/c1-3-5-6-7-8-9-10-19-14(13-16)15(17)20-12-11-18-4-2/h13-14H,3-12H2,1-2H3. The van der Waals surface area contributed by atoms with E-state index in [1.807, 2.05) is 6.92 Å². The van der Waals surface area contributed by atoms with Crippen molar-refractivity contribution in [3.8, 4) is 0 Å². The molecule has 0 radical (unpaired) electrons. The summed E-state index contributed by atoms with van der Waals surface area (Å²) in [6, 6.07) is 0. The molecule has 118 valence electrons. The van der Waals surface area contributed by atoms with Crippen LogP contribution in [0.4, 0.5) is 0 Å². The zero-order chi connectivity index (χ0) is 15.1. The Kier molecular flexibility index (Phi) is 13.8. The third-order valence-electron chi connectivity index (χ3n) is 2.83. The van der Waals surface area contributed by atoms with Gasteiger partial charge in [-0.05, 0) is 13.3 Å². The van der Waals surface area contributed by atoms with Crippen molar-refractivity contribution >= 4 is 12.3 Å². The van der Waals surface area contributed by atoms with Gasteiger partial charge in [0, 0.05) is 13.2 Å². The maximum absolute atomic E-state index is 11.5. The van der Waals surface area contributed by atoms with E-state index >= 15 is 0 Å². The highest BCUT2D eigenvalue weighted by atomic mass is 16.6. The summed E-state index contributed by atoms with van der Waals surface area (Å²) >= 11 is 0. The van der Waals surface area contributed by atoms with Gasteiger partial charge in [0.1, 0.15) is 6.61 Å². The predicted octanol–water partition coefficient (Wildman–Crippen LogP) is 2.51. The molecule has 0 heterocycles. The van der Waals surface area contributed by atoms with Gasteiger partial charge in [0.15, 0.2) is 6.29 Å². The van der Waals surface area contributed by atoms with Gasteiger partial charge in [-0.2, -0.15) is 0 Å². The van der Waals surface area contributed by atoms with Gasteiger partial charge in [-0.1, -0.05) is 39.0 Å². The predicted molar refractivity (Wildman–Crippen MR) is 76.6 cm³/mol. The molecule has 0 spiro atoms. The van der Waals surface area contributed by atoms with Gasteiger partial charge in [0.25, 0.3) is 0 Å². The summed E-state index contributed by atoms with van der Waals surface area (Å²) in [4.78, 5) is 22.3. The highest BCUT2D eigenvalue weighted by molar-refractivity contribution is 5.90. The maximum atomic E-state index is 11.5. The Morgan fingerprint density at radius 2 is 1.70 bits per heavy atom. The third kappa shape index (κ3) is 10.9. The van der Waals surface area contributed by atoms with Gasteiger partial charge in [-0.15, -0.1) is 0 Å². The lowest BCUT2D eigenvalue weighted by Gasteiger charge is -2.11. The molecule has 0 saturated heterocycles. The van der Waals surface area contributed by atoms with Gasteiger partial charge < -0.3 is 14.2 Å². The molecule has 20 heavy (non-hydrogen) atoms. The molecule has 0 amide bonds. The van der Waals surface area contributed by atoms with Crippen LogP contribution in [0.5, 0.6) is 0 Å². The Balaban J connectivity index is 3.59. The molecular formula is C15H28O5. The van der Waals surface area contributed by atoms with Crippen molar-refractivity contribution in [2.45, 2.75) is 58.5 Å². The first-order valence-electron chi connectivity index (χ1n) is 7.57. The summed E-state index contributed by atoms with van der Waals surface area (Å²) in [5.41, 5.74) is 0. The first-order valence-corrected chi connectivity index (χ1v) is 7.57. The smallest absolute Gasteiger partial charge is 0.342 e. The second-order valence-electron chi connectivity index (χ2n) is 4.56. The molecule has 0 bridgehead atoms. The van der Waals surface area contributed by atoms with Crippen LogP contribution in [0.3, 0.4) is 0 Å². The van der Waals surface area contributed by atoms with Gasteiger partial charge in [0.05, 0.1) is 6.61 Å². The highest BCUT2D eigenvalue weighted by Crippen LogP contribution is 2.05. The largest absolute Gasteiger partial charge is 0.461 e. The Labute approximate surface area is 122 Å². The molecule has 0 aliphatic carbocycles. The summed E-state index contributed by atoms with van der Waals surface area (Å²) in [6.45, 7) is 5.51. The number of esters is 1. The van der Waals surface area contributed by atoms with Crippen molar-refractivity contribution in [1.29, 1.82) is 0 Å². The summed E-state index contributed by atoms with van der Waals surface area (Å²) in [7, 11) is 0. The Hall–Kier alpha value is -0.940. The molecule has 0 aromatic heterocycles. The summed E-state index contributed by atoms with van der Waals surface area (Å²) in [5.74, 6) is -0.634. The van der Waals surface area contributed by atoms with Gasteiger partial charge in [0.2, 0.25) is 6.10 Å². The summed E-state index contributed by atoms with van der Waals surface area (Å²) in [5, 5.41) is 0. The van der Waals surface area contributed by atoms with E-state index in [4.69, 9.17) is 14.2 Å². The molecule has 0 rings (SSSR count). The minimum atomic E-state index is -1.10. The number of hydrogen-bond acceptors (Lipinski definition) is 5. The summed E-state index contributed by atoms with van der Waals surface area (Å²) < 4.78 is 15.2. The fourth-order valence-electron chi connectivity index (χ4n) is 1.68. The molecule has 0 aliphatic rings. The fourth-order valence-corrected chi connectivity index (χ4v) is 1.68. The normalized spacial score (nSPS) is 12.1. The quantitative estimate of drug-likeness (QED) is 0.213. The number of ether oxygens (including phenoxy) is 3. The fraction of sp³-hybridized carbons (Fsp3) is 0.867. The molecule has 0 N–H and O–H groups in total. The number of aldehydes is 1. The van der Waals surface area contributed by atoms with Crippen molar-refractivity contribution in [1.82, 2.24) is 0 Å². The lowest BCUT2D eigenvalue weighted by Crippen LogP contribution is -2.29. The van der Waals surface area contributed by atoms with E-state index in [1.54, 1.807) is 0 Å². The third-order valence-corrected chi connectivity index (χ3v) is 2.83. The molecule has 1 unspecified atom stereocenters. The van der Waals surface area contributed by atoms with E-state index in [9.17, 15) is 9.59 Å². The van der Waals surface area contributed by atoms with Crippen molar-refractivity contribution in [2.75, 3.05) is 26.4 Å². The average Bonchev–Trinajstić information content (AvgIpc) is 2.46. The van der Waals surface area contributed by atoms with E-state index in [0.717, 1.165) is 12.8 Å². The van der Waals surface area contributed by atoms with E-state index in [-0.39, 0.29) is 6.61 Å². The van der Waals surface area contributed by atoms with E-state index in [2.05, 4.69) is 6.92 Å². The van der Waals surface area contributed by atoms with Crippen LogP contribution in [0.1, 0.15) is 52.4 Å². The van der Waals surface area contributed by atoms with E-state index < -0.39 is 12.1 Å². The van der Waals surface area contributed by atoms with Crippen molar-refractivity contribution in [3.05, 3.63) is 0 Å². The van der Waals surface area contributed by atoms with Crippen LogP contribution in [0.15, 0.2) is 0 Å². The molecule has 5 heteroatoms. The van der Waals surface area contributed by atoms with Crippen LogP contribution in [0, 0.1) is 0 Å². The summed E-state index contributed by atoms with van der Waals surface area (Å²) in [6.07, 6.45) is 6.17. The van der Waals surface area contributed by atoms with Crippen LogP contribution in [-0.4, -0.2) is 44.8 Å². The average molecular weight is 288 g/mol. The first-order chi connectivity index (χ1) is 9.76. The first kappa shape index (κ1) is 19.1. The lowest BCUT2D eigenvalue weighted by atomic mass is 10.1. The second-order valence-corrected chi connectivity index (χ2v) is 4.56.